The lowest BCUT2D eigenvalue weighted by molar-refractivity contribution is -0.134. The van der Waals surface area contributed by atoms with E-state index in [1.807, 2.05) is 24.3 Å². The first-order valence-electron chi connectivity index (χ1n) is 9.92. The average molecular weight is 440 g/mol. The number of benzene rings is 1. The van der Waals surface area contributed by atoms with Crippen molar-refractivity contribution in [3.8, 4) is 0 Å². The highest BCUT2D eigenvalue weighted by molar-refractivity contribution is 7.16. The third-order valence-electron chi connectivity index (χ3n) is 5.11. The molecule has 1 unspecified atom stereocenters. The highest BCUT2D eigenvalue weighted by Gasteiger charge is 2.31. The summed E-state index contributed by atoms with van der Waals surface area (Å²) >= 11 is 1.27. The van der Waals surface area contributed by atoms with Crippen LogP contribution in [0.15, 0.2) is 29.3 Å². The molecular formula is C20H24F3N5OS. The molecule has 1 saturated heterocycles. The number of alkyl halides is 3. The van der Waals surface area contributed by atoms with Gasteiger partial charge < -0.3 is 20.3 Å². The summed E-state index contributed by atoms with van der Waals surface area (Å²) in [6.07, 6.45) is -4.34. The number of fused-ring (bicyclic) bond motifs is 2. The Bertz CT molecular complexity index is 914. The number of hydrogen-bond donors (Lipinski definition) is 2. The number of ether oxygens (including phenoxy) is 1. The normalized spacial score (nSPS) is 18.9. The molecule has 30 heavy (non-hydrogen) atoms. The van der Waals surface area contributed by atoms with Gasteiger partial charge in [0.1, 0.15) is 10.7 Å². The van der Waals surface area contributed by atoms with E-state index in [4.69, 9.17) is 9.73 Å². The molecule has 0 aliphatic carbocycles. The Morgan fingerprint density at radius 3 is 2.93 bits per heavy atom. The molecule has 2 aliphatic rings. The van der Waals surface area contributed by atoms with E-state index in [1.54, 1.807) is 7.11 Å². The zero-order valence-corrected chi connectivity index (χ0v) is 17.4. The fraction of sp³-hybridized carbons (Fsp3) is 0.500. The van der Waals surface area contributed by atoms with Crippen LogP contribution < -0.4 is 10.6 Å². The Hall–Kier alpha value is -2.17. The molecule has 2 N–H and O–H groups in total. The molecule has 1 aromatic heterocycles. The fourth-order valence-electron chi connectivity index (χ4n) is 3.61. The second-order valence-electron chi connectivity index (χ2n) is 7.36. The second kappa shape index (κ2) is 8.91. The van der Waals surface area contributed by atoms with E-state index in [1.165, 1.54) is 11.3 Å². The summed E-state index contributed by atoms with van der Waals surface area (Å²) in [6, 6.07) is 7.92. The molecule has 10 heteroatoms. The minimum absolute atomic E-state index is 0.129. The summed E-state index contributed by atoms with van der Waals surface area (Å²) in [5.41, 5.74) is 2.24. The first-order chi connectivity index (χ1) is 14.4. The molecule has 0 radical (unpaired) electrons. The van der Waals surface area contributed by atoms with Crippen LogP contribution in [0.5, 0.6) is 0 Å². The number of nitrogens with one attached hydrogen (secondary N) is 2. The molecule has 0 saturated carbocycles. The maximum atomic E-state index is 12.7. The van der Waals surface area contributed by atoms with Crippen molar-refractivity contribution in [2.24, 2.45) is 4.99 Å². The summed E-state index contributed by atoms with van der Waals surface area (Å²) in [5.74, 6) is 0.709. The molecule has 0 bridgehead atoms. The first-order valence-corrected chi connectivity index (χ1v) is 10.7. The third kappa shape index (κ3) is 4.93. The summed E-state index contributed by atoms with van der Waals surface area (Å²) in [6.45, 7) is 2.94. The molecule has 0 spiro atoms. The number of aryl methyl sites for hydroxylation is 1. The Morgan fingerprint density at radius 1 is 1.30 bits per heavy atom. The molecular weight excluding hydrogens is 415 g/mol. The van der Waals surface area contributed by atoms with Crippen LogP contribution in [0.25, 0.3) is 0 Å². The van der Waals surface area contributed by atoms with Crippen molar-refractivity contribution >= 4 is 33.5 Å². The van der Waals surface area contributed by atoms with Crippen molar-refractivity contribution in [3.63, 3.8) is 0 Å². The van der Waals surface area contributed by atoms with Gasteiger partial charge in [-0.15, -0.1) is 11.3 Å². The maximum Gasteiger partial charge on any atom is 0.389 e. The minimum atomic E-state index is -4.20. The van der Waals surface area contributed by atoms with E-state index in [0.29, 0.717) is 23.1 Å². The van der Waals surface area contributed by atoms with E-state index in [9.17, 15) is 13.2 Å². The van der Waals surface area contributed by atoms with Gasteiger partial charge in [0.05, 0.1) is 16.4 Å². The fourth-order valence-corrected chi connectivity index (χ4v) is 4.59. The number of amidine groups is 1. The highest BCUT2D eigenvalue weighted by atomic mass is 32.1. The van der Waals surface area contributed by atoms with Crippen LogP contribution in [0.4, 0.5) is 29.5 Å². The molecule has 2 aliphatic heterocycles. The molecule has 3 heterocycles. The van der Waals surface area contributed by atoms with Crippen LogP contribution in [0.2, 0.25) is 0 Å². The predicted molar refractivity (Wildman–Crippen MR) is 112 cm³/mol. The number of halogens is 3. The van der Waals surface area contributed by atoms with Gasteiger partial charge in [-0.1, -0.05) is 12.1 Å². The Morgan fingerprint density at radius 2 is 2.13 bits per heavy atom. The Labute approximate surface area is 177 Å². The number of para-hydroxylation sites is 2. The zero-order chi connectivity index (χ0) is 21.1. The van der Waals surface area contributed by atoms with Gasteiger partial charge in [0.2, 0.25) is 0 Å². The highest BCUT2D eigenvalue weighted by Crippen LogP contribution is 2.38. The first kappa shape index (κ1) is 21.1. The number of aromatic nitrogens is 1. The van der Waals surface area contributed by atoms with Gasteiger partial charge in [-0.25, -0.2) is 9.98 Å². The monoisotopic (exact) mass is 439 g/mol. The van der Waals surface area contributed by atoms with Crippen molar-refractivity contribution in [2.45, 2.75) is 31.5 Å². The van der Waals surface area contributed by atoms with Crippen molar-refractivity contribution < 1.29 is 17.9 Å². The topological polar surface area (TPSA) is 61.8 Å². The van der Waals surface area contributed by atoms with Crippen molar-refractivity contribution in [1.82, 2.24) is 15.2 Å². The van der Waals surface area contributed by atoms with Gasteiger partial charge in [0.25, 0.3) is 0 Å². The van der Waals surface area contributed by atoms with Gasteiger partial charge in [0.15, 0.2) is 5.84 Å². The van der Waals surface area contributed by atoms with Crippen molar-refractivity contribution in [2.75, 3.05) is 38.7 Å². The van der Waals surface area contributed by atoms with Crippen LogP contribution in [0, 0.1) is 0 Å². The van der Waals surface area contributed by atoms with Gasteiger partial charge in [-0.3, -0.25) is 0 Å². The molecule has 1 fully saturated rings. The second-order valence-corrected chi connectivity index (χ2v) is 8.44. The maximum absolute atomic E-state index is 12.7. The number of thiazole rings is 1. The van der Waals surface area contributed by atoms with E-state index < -0.39 is 12.6 Å². The van der Waals surface area contributed by atoms with E-state index >= 15 is 0 Å². The summed E-state index contributed by atoms with van der Waals surface area (Å²) in [7, 11) is 1.68. The van der Waals surface area contributed by atoms with Gasteiger partial charge in [0, 0.05) is 52.2 Å². The molecule has 6 nitrogen and oxygen atoms in total. The lowest BCUT2D eigenvalue weighted by atomic mass is 10.1. The van der Waals surface area contributed by atoms with E-state index in [0.717, 1.165) is 42.4 Å². The lowest BCUT2D eigenvalue weighted by Gasteiger charge is -2.35. The number of anilines is 2. The summed E-state index contributed by atoms with van der Waals surface area (Å²) < 4.78 is 43.3. The molecule has 1 aromatic carbocycles. The van der Waals surface area contributed by atoms with Crippen LogP contribution in [-0.2, 0) is 11.2 Å². The number of piperazine rings is 1. The van der Waals surface area contributed by atoms with Crippen molar-refractivity contribution in [3.05, 3.63) is 35.0 Å². The molecule has 0 amide bonds. The Balaban J connectivity index is 1.66. The third-order valence-corrected chi connectivity index (χ3v) is 6.14. The summed E-state index contributed by atoms with van der Waals surface area (Å²) in [4.78, 5) is 11.6. The number of methoxy groups -OCH3 is 1. The molecule has 4 rings (SSSR count). The number of hydrogen-bond acceptors (Lipinski definition) is 7. The molecule has 162 valence electrons. The van der Waals surface area contributed by atoms with Gasteiger partial charge in [-0.05, 0) is 18.6 Å². The van der Waals surface area contributed by atoms with Crippen LogP contribution in [0.3, 0.4) is 0 Å². The number of rotatable bonds is 5. The molecule has 2 aromatic rings. The zero-order valence-electron chi connectivity index (χ0n) is 16.6. The minimum Gasteiger partial charge on any atom is -0.385 e. The lowest BCUT2D eigenvalue weighted by Crippen LogP contribution is -2.53. The van der Waals surface area contributed by atoms with Gasteiger partial charge >= 0.3 is 6.18 Å². The van der Waals surface area contributed by atoms with Crippen LogP contribution >= 0.6 is 11.3 Å². The van der Waals surface area contributed by atoms with Crippen LogP contribution in [-0.4, -0.2) is 61.3 Å². The number of aliphatic imine (C=N–C) groups is 1. The smallest absolute Gasteiger partial charge is 0.385 e. The van der Waals surface area contributed by atoms with E-state index in [2.05, 4.69) is 20.5 Å². The standard InChI is InChI=1S/C20H24F3N5OS/c1-29-11-7-13-12-28(10-9-24-13)18-17-19(26-15-5-3-2-4-14(15)25-18)30-16(27-17)6-8-20(21,22)23/h2-5,13,24,26H,6-12H2,1H3. The average Bonchev–Trinajstić information content (AvgIpc) is 3.05. The largest absolute Gasteiger partial charge is 0.389 e. The quantitative estimate of drug-likeness (QED) is 0.735. The van der Waals surface area contributed by atoms with Crippen molar-refractivity contribution in [1.29, 1.82) is 0 Å². The summed E-state index contributed by atoms with van der Waals surface area (Å²) in [5, 5.41) is 8.02. The van der Waals surface area contributed by atoms with E-state index in [-0.39, 0.29) is 12.5 Å². The molecule has 1 atom stereocenters. The SMILES string of the molecule is COCCC1CN(C2=Nc3ccccc3Nc3sc(CCC(F)(F)F)nc32)CCN1. The van der Waals surface area contributed by atoms with Gasteiger partial charge in [-0.2, -0.15) is 13.2 Å². The number of nitrogens with zero attached hydrogens (tertiary/aromatic N) is 3. The Kier molecular flexibility index (Phi) is 6.26. The van der Waals surface area contributed by atoms with Crippen LogP contribution in [0.1, 0.15) is 23.5 Å². The predicted octanol–water partition coefficient (Wildman–Crippen LogP) is 4.08.